The van der Waals surface area contributed by atoms with Gasteiger partial charge >= 0.3 is 5.97 Å². The minimum absolute atomic E-state index is 0.0624. The molecule has 0 bridgehead atoms. The first-order valence-corrected chi connectivity index (χ1v) is 28.5. The van der Waals surface area contributed by atoms with Gasteiger partial charge in [0.25, 0.3) is 0 Å². The first-order valence-electron chi connectivity index (χ1n) is 28.5. The lowest BCUT2D eigenvalue weighted by molar-refractivity contribution is -0.151. The van der Waals surface area contributed by atoms with Crippen molar-refractivity contribution in [2.45, 2.75) is 302 Å². The lowest BCUT2D eigenvalue weighted by atomic mass is 10.0. The predicted octanol–water partition coefficient (Wildman–Crippen LogP) is 17.6. The molecule has 0 fully saturated rings. The number of amides is 1. The average Bonchev–Trinajstić information content (AvgIpc) is 3.31. The van der Waals surface area contributed by atoms with Crippen LogP contribution in [0.3, 0.4) is 0 Å². The molecule has 0 aliphatic rings. The zero-order valence-electron chi connectivity index (χ0n) is 43.8. The molecular formula is C60H109NO5. The molecule has 0 aromatic rings. The van der Waals surface area contributed by atoms with E-state index >= 15 is 0 Å². The Hall–Kier alpha value is -2.44. The summed E-state index contributed by atoms with van der Waals surface area (Å²) in [5.74, 6) is -0.496. The number of carbonyl (C=O) groups is 2. The molecule has 0 radical (unpaired) electrons. The summed E-state index contributed by atoms with van der Waals surface area (Å²) in [4.78, 5) is 26.3. The van der Waals surface area contributed by atoms with Gasteiger partial charge in [-0.1, -0.05) is 242 Å². The van der Waals surface area contributed by atoms with Crippen molar-refractivity contribution in [1.82, 2.24) is 5.32 Å². The lowest BCUT2D eigenvalue weighted by Crippen LogP contribution is -2.46. The van der Waals surface area contributed by atoms with Crippen molar-refractivity contribution >= 4 is 11.9 Å². The van der Waals surface area contributed by atoms with Gasteiger partial charge in [-0.3, -0.25) is 9.59 Å². The number of aliphatic hydroxyl groups excluding tert-OH is 2. The minimum Gasteiger partial charge on any atom is -0.462 e. The van der Waals surface area contributed by atoms with E-state index < -0.39 is 18.2 Å². The molecule has 6 nitrogen and oxygen atoms in total. The monoisotopic (exact) mass is 924 g/mol. The van der Waals surface area contributed by atoms with Crippen LogP contribution in [0.15, 0.2) is 60.8 Å². The van der Waals surface area contributed by atoms with E-state index in [4.69, 9.17) is 4.74 Å². The SMILES string of the molecule is CC/C=C/C/C=C/C/C=C/CCCCCCCCC(=O)OC(CCCCCCC/C=C\C/C=C\CCCCC)CC(=O)NC(CO)C(O)CCCCCCCCCCCCCCCCCC. The summed E-state index contributed by atoms with van der Waals surface area (Å²) in [7, 11) is 0. The molecule has 0 spiro atoms. The molecule has 0 aromatic carbocycles. The van der Waals surface area contributed by atoms with Gasteiger partial charge in [-0.2, -0.15) is 0 Å². The Labute approximate surface area is 409 Å². The Balaban J connectivity index is 4.58. The Kier molecular flexibility index (Phi) is 51.5. The van der Waals surface area contributed by atoms with Crippen molar-refractivity contribution in [3.63, 3.8) is 0 Å². The first-order chi connectivity index (χ1) is 32.5. The van der Waals surface area contributed by atoms with Crippen LogP contribution in [0.4, 0.5) is 0 Å². The summed E-state index contributed by atoms with van der Waals surface area (Å²) in [6.07, 6.45) is 67.1. The largest absolute Gasteiger partial charge is 0.462 e. The fourth-order valence-corrected chi connectivity index (χ4v) is 8.53. The van der Waals surface area contributed by atoms with E-state index in [0.29, 0.717) is 19.3 Å². The molecular weight excluding hydrogens is 815 g/mol. The smallest absolute Gasteiger partial charge is 0.306 e. The fourth-order valence-electron chi connectivity index (χ4n) is 8.53. The van der Waals surface area contributed by atoms with Crippen LogP contribution in [0.25, 0.3) is 0 Å². The van der Waals surface area contributed by atoms with Gasteiger partial charge in [0, 0.05) is 6.42 Å². The zero-order chi connectivity index (χ0) is 48.1. The third kappa shape index (κ3) is 48.0. The highest BCUT2D eigenvalue weighted by molar-refractivity contribution is 5.77. The third-order valence-corrected chi connectivity index (χ3v) is 12.8. The van der Waals surface area contributed by atoms with Gasteiger partial charge in [0.1, 0.15) is 6.10 Å². The van der Waals surface area contributed by atoms with Gasteiger partial charge in [-0.05, 0) is 89.9 Å². The van der Waals surface area contributed by atoms with Gasteiger partial charge in [-0.15, -0.1) is 0 Å². The van der Waals surface area contributed by atoms with Crippen LogP contribution in [-0.2, 0) is 14.3 Å². The molecule has 1 amide bonds. The number of aliphatic hydroxyl groups is 2. The molecule has 66 heavy (non-hydrogen) atoms. The number of esters is 1. The summed E-state index contributed by atoms with van der Waals surface area (Å²) in [5.41, 5.74) is 0. The van der Waals surface area contributed by atoms with Crippen molar-refractivity contribution in [1.29, 1.82) is 0 Å². The maximum absolute atomic E-state index is 13.3. The van der Waals surface area contributed by atoms with E-state index in [1.54, 1.807) is 0 Å². The zero-order valence-corrected chi connectivity index (χ0v) is 43.8. The Morgan fingerprint density at radius 1 is 0.455 bits per heavy atom. The molecule has 0 rings (SSSR count). The highest BCUT2D eigenvalue weighted by atomic mass is 16.5. The van der Waals surface area contributed by atoms with Crippen molar-refractivity contribution < 1.29 is 24.5 Å². The van der Waals surface area contributed by atoms with Crippen molar-refractivity contribution in [2.75, 3.05) is 6.61 Å². The Bertz CT molecular complexity index is 1170. The maximum atomic E-state index is 13.3. The summed E-state index contributed by atoms with van der Waals surface area (Å²) >= 11 is 0. The molecule has 0 saturated carbocycles. The fraction of sp³-hybridized carbons (Fsp3) is 0.800. The summed E-state index contributed by atoms with van der Waals surface area (Å²) in [5, 5.41) is 23.9. The van der Waals surface area contributed by atoms with Crippen LogP contribution in [0.2, 0.25) is 0 Å². The van der Waals surface area contributed by atoms with Crippen molar-refractivity contribution in [2.24, 2.45) is 0 Å². The molecule has 3 N–H and O–H groups in total. The summed E-state index contributed by atoms with van der Waals surface area (Å²) < 4.78 is 5.95. The van der Waals surface area contributed by atoms with E-state index in [9.17, 15) is 19.8 Å². The standard InChI is InChI=1S/C60H109NO5/c1-4-7-10-13-16-19-22-25-28-31-34-37-40-43-46-49-52-58(63)57(55-62)61-59(64)54-56(51-48-45-42-39-36-33-30-27-24-21-18-15-12-9-6-3)66-60(65)53-50-47-44-41-38-35-32-29-26-23-20-17-14-11-8-5-2/h8,11,17-18,20-21,26-27,29-30,56-58,62-63H,4-7,9-10,12-16,19,22-25,28,31-55H2,1-3H3,(H,61,64)/b11-8+,20-17+,21-18-,29-26+,30-27-. The normalized spacial score (nSPS) is 13.6. The molecule has 0 heterocycles. The molecule has 384 valence electrons. The van der Waals surface area contributed by atoms with E-state index in [1.165, 1.54) is 141 Å². The number of unbranched alkanes of at least 4 members (excludes halogenated alkanes) is 29. The van der Waals surface area contributed by atoms with Crippen LogP contribution in [-0.4, -0.2) is 46.9 Å². The first kappa shape index (κ1) is 63.6. The van der Waals surface area contributed by atoms with Crippen LogP contribution in [0, 0.1) is 0 Å². The number of carbonyl (C=O) groups excluding carboxylic acids is 2. The van der Waals surface area contributed by atoms with Gasteiger partial charge in [-0.25, -0.2) is 0 Å². The van der Waals surface area contributed by atoms with E-state index in [-0.39, 0.29) is 24.9 Å². The van der Waals surface area contributed by atoms with Gasteiger partial charge in [0.2, 0.25) is 5.91 Å². The molecule has 6 heteroatoms. The lowest BCUT2D eigenvalue weighted by Gasteiger charge is -2.24. The van der Waals surface area contributed by atoms with E-state index in [1.807, 2.05) is 0 Å². The molecule has 3 unspecified atom stereocenters. The maximum Gasteiger partial charge on any atom is 0.306 e. The topological polar surface area (TPSA) is 95.9 Å². The van der Waals surface area contributed by atoms with Crippen LogP contribution in [0.1, 0.15) is 284 Å². The molecule has 3 atom stereocenters. The van der Waals surface area contributed by atoms with E-state index in [2.05, 4.69) is 86.8 Å². The van der Waals surface area contributed by atoms with Crippen LogP contribution >= 0.6 is 0 Å². The highest BCUT2D eigenvalue weighted by Crippen LogP contribution is 2.18. The predicted molar refractivity (Wildman–Crippen MR) is 287 cm³/mol. The number of hydrogen-bond acceptors (Lipinski definition) is 5. The Morgan fingerprint density at radius 3 is 1.27 bits per heavy atom. The van der Waals surface area contributed by atoms with Crippen molar-refractivity contribution in [3.05, 3.63) is 60.8 Å². The van der Waals surface area contributed by atoms with Gasteiger partial charge < -0.3 is 20.3 Å². The molecule has 0 aliphatic carbocycles. The Morgan fingerprint density at radius 2 is 0.818 bits per heavy atom. The van der Waals surface area contributed by atoms with Crippen molar-refractivity contribution in [3.8, 4) is 0 Å². The van der Waals surface area contributed by atoms with Gasteiger partial charge in [0.05, 0.1) is 25.2 Å². The van der Waals surface area contributed by atoms with E-state index in [0.717, 1.165) is 96.3 Å². The summed E-state index contributed by atoms with van der Waals surface area (Å²) in [6.45, 7) is 6.37. The third-order valence-electron chi connectivity index (χ3n) is 12.8. The molecule has 0 aliphatic heterocycles. The van der Waals surface area contributed by atoms with Crippen LogP contribution < -0.4 is 5.32 Å². The second-order valence-corrected chi connectivity index (χ2v) is 19.3. The summed E-state index contributed by atoms with van der Waals surface area (Å²) in [6, 6.07) is -0.711. The number of nitrogens with one attached hydrogen (secondary N) is 1. The highest BCUT2D eigenvalue weighted by Gasteiger charge is 2.24. The quantitative estimate of drug-likeness (QED) is 0.0321. The van der Waals surface area contributed by atoms with Crippen LogP contribution in [0.5, 0.6) is 0 Å². The number of rotatable bonds is 51. The number of allylic oxidation sites excluding steroid dienone is 10. The molecule has 0 saturated heterocycles. The minimum atomic E-state index is -0.796. The average molecular weight is 925 g/mol. The van der Waals surface area contributed by atoms with Gasteiger partial charge in [0.15, 0.2) is 0 Å². The number of hydrogen-bond donors (Lipinski definition) is 3. The second-order valence-electron chi connectivity index (χ2n) is 19.3. The molecule has 0 aromatic heterocycles. The second kappa shape index (κ2) is 53.5. The number of ether oxygens (including phenoxy) is 1.